The van der Waals surface area contributed by atoms with Gasteiger partial charge < -0.3 is 14.7 Å². The van der Waals surface area contributed by atoms with E-state index in [1.165, 1.54) is 11.1 Å². The maximum Gasteiger partial charge on any atom is 0.166 e. The number of aromatic hydroxyl groups is 1. The van der Waals surface area contributed by atoms with Crippen LogP contribution in [-0.2, 0) is 11.8 Å². The fourth-order valence-electron chi connectivity index (χ4n) is 5.48. The Morgan fingerprint density at radius 1 is 1.43 bits per heavy atom. The Labute approximate surface area is 134 Å². The van der Waals surface area contributed by atoms with Crippen LogP contribution in [0.4, 0.5) is 0 Å². The lowest BCUT2D eigenvalue weighted by molar-refractivity contribution is -0.0115. The van der Waals surface area contributed by atoms with Gasteiger partial charge in [0.25, 0.3) is 0 Å². The molecule has 0 amide bonds. The van der Waals surface area contributed by atoms with Crippen molar-refractivity contribution in [1.29, 1.82) is 0 Å². The monoisotopic (exact) mass is 310 g/mol. The van der Waals surface area contributed by atoms with Gasteiger partial charge in [0.2, 0.25) is 0 Å². The predicted octanol–water partition coefficient (Wildman–Crippen LogP) is 2.52. The summed E-state index contributed by atoms with van der Waals surface area (Å²) < 4.78 is 6.18. The molecule has 6 heteroatoms. The lowest BCUT2D eigenvalue weighted by Gasteiger charge is -2.57. The van der Waals surface area contributed by atoms with E-state index >= 15 is 0 Å². The van der Waals surface area contributed by atoms with Crippen molar-refractivity contribution in [2.75, 3.05) is 13.6 Å². The molecular weight excluding hydrogens is 292 g/mol. The molecule has 0 radical (unpaired) electrons. The van der Waals surface area contributed by atoms with E-state index in [0.29, 0.717) is 11.8 Å². The van der Waals surface area contributed by atoms with E-state index in [1.807, 2.05) is 18.2 Å². The number of azide groups is 1. The number of benzene rings is 1. The predicted molar refractivity (Wildman–Crippen MR) is 84.5 cm³/mol. The number of hydrogen-bond acceptors (Lipinski definition) is 4. The third-order valence-electron chi connectivity index (χ3n) is 6.36. The molecule has 2 bridgehead atoms. The summed E-state index contributed by atoms with van der Waals surface area (Å²) in [5.74, 6) is 1.06. The van der Waals surface area contributed by atoms with Crippen molar-refractivity contribution >= 4 is 0 Å². The Morgan fingerprint density at radius 3 is 3.13 bits per heavy atom. The van der Waals surface area contributed by atoms with E-state index in [1.54, 1.807) is 6.07 Å². The molecule has 0 aromatic heterocycles. The van der Waals surface area contributed by atoms with Crippen molar-refractivity contribution in [2.45, 2.75) is 36.4 Å². The number of likely N-dealkylation sites (tertiary alicyclic amines) is 1. The van der Waals surface area contributed by atoms with Crippen LogP contribution in [-0.4, -0.2) is 41.8 Å². The van der Waals surface area contributed by atoms with Crippen LogP contribution in [0.3, 0.4) is 0 Å². The molecule has 1 aromatic carbocycles. The molecule has 1 saturated heterocycles. The first-order chi connectivity index (χ1) is 11.2. The van der Waals surface area contributed by atoms with E-state index in [4.69, 9.17) is 10.3 Å². The highest BCUT2D eigenvalue weighted by Crippen LogP contribution is 2.62. The van der Waals surface area contributed by atoms with Gasteiger partial charge in [-0.15, -0.1) is 0 Å². The molecule has 1 fully saturated rings. The maximum atomic E-state index is 10.3. The zero-order valence-corrected chi connectivity index (χ0v) is 12.9. The molecule has 2 aliphatic heterocycles. The van der Waals surface area contributed by atoms with E-state index < -0.39 is 0 Å². The van der Waals surface area contributed by atoms with Crippen molar-refractivity contribution in [2.24, 2.45) is 11.0 Å². The van der Waals surface area contributed by atoms with Gasteiger partial charge in [-0.25, -0.2) is 0 Å². The average molecular weight is 310 g/mol. The van der Waals surface area contributed by atoms with Gasteiger partial charge in [-0.3, -0.25) is 0 Å². The van der Waals surface area contributed by atoms with Crippen molar-refractivity contribution in [3.8, 4) is 11.5 Å². The van der Waals surface area contributed by atoms with Crippen LogP contribution >= 0.6 is 0 Å². The summed E-state index contributed by atoms with van der Waals surface area (Å²) in [6.45, 7) is 0.992. The smallest absolute Gasteiger partial charge is 0.166 e. The minimum Gasteiger partial charge on any atom is -0.504 e. The van der Waals surface area contributed by atoms with Gasteiger partial charge in [-0.05, 0) is 49.7 Å². The summed E-state index contributed by atoms with van der Waals surface area (Å²) in [6.07, 6.45) is 5.82. The van der Waals surface area contributed by atoms with Crippen molar-refractivity contribution < 1.29 is 9.84 Å². The van der Waals surface area contributed by atoms with Gasteiger partial charge in [0.1, 0.15) is 6.10 Å². The fraction of sp³-hybridized carbons (Fsp3) is 0.529. The standard InChI is InChI=1S/C17H18N4O2/c1-21-7-6-17-13-5-3-10(19-20-18)15(17)11(21)8-9-2-4-12(22)16(23-13)14(9)17/h2-5,10-11,13,15,22H,6-8H2,1H3/t10-,11?,13-,15-,17?/m0/s1. The maximum absolute atomic E-state index is 10.3. The van der Waals surface area contributed by atoms with E-state index in [-0.39, 0.29) is 29.2 Å². The molecule has 1 aromatic rings. The van der Waals surface area contributed by atoms with Crippen LogP contribution in [0.15, 0.2) is 29.4 Å². The molecule has 5 rings (SSSR count). The van der Waals surface area contributed by atoms with Gasteiger partial charge in [-0.2, -0.15) is 0 Å². The first-order valence-electron chi connectivity index (χ1n) is 8.11. The van der Waals surface area contributed by atoms with Crippen molar-refractivity contribution in [3.63, 3.8) is 0 Å². The van der Waals surface area contributed by atoms with Gasteiger partial charge in [0.05, 0.1) is 6.04 Å². The summed E-state index contributed by atoms with van der Waals surface area (Å²) in [5.41, 5.74) is 11.3. The molecule has 5 atom stereocenters. The molecule has 6 nitrogen and oxygen atoms in total. The number of phenolic OH excluding ortho intramolecular Hbond substituents is 1. The first kappa shape index (κ1) is 13.3. The summed E-state index contributed by atoms with van der Waals surface area (Å²) in [5, 5.41) is 14.4. The van der Waals surface area contributed by atoms with E-state index in [0.717, 1.165) is 19.4 Å². The van der Waals surface area contributed by atoms with Crippen molar-refractivity contribution in [3.05, 3.63) is 45.9 Å². The average Bonchev–Trinajstić information content (AvgIpc) is 2.89. The quantitative estimate of drug-likeness (QED) is 0.374. The number of hydrogen-bond donors (Lipinski definition) is 1. The number of likely N-dealkylation sites (N-methyl/N-ethyl adjacent to an activating group) is 1. The summed E-state index contributed by atoms with van der Waals surface area (Å²) in [4.78, 5) is 5.47. The molecule has 0 saturated carbocycles. The number of nitrogens with zero attached hydrogens (tertiary/aromatic N) is 4. The third-order valence-corrected chi connectivity index (χ3v) is 6.36. The highest BCUT2D eigenvalue weighted by atomic mass is 16.5. The first-order valence-corrected chi connectivity index (χ1v) is 8.11. The van der Waals surface area contributed by atoms with Crippen LogP contribution in [0.2, 0.25) is 0 Å². The normalized spacial score (nSPS) is 39.3. The Balaban J connectivity index is 1.82. The summed E-state index contributed by atoms with van der Waals surface area (Å²) in [7, 11) is 2.15. The van der Waals surface area contributed by atoms with Gasteiger partial charge in [-0.1, -0.05) is 17.3 Å². The Morgan fingerprint density at radius 2 is 2.30 bits per heavy atom. The SMILES string of the molecule is CN1CCC23c4c5ccc(O)c4O[C@H]2C=C[C@H](N=[N+]=[N-])[C@H]3C1C5. The lowest BCUT2D eigenvalue weighted by atomic mass is 9.52. The largest absolute Gasteiger partial charge is 0.504 e. The molecule has 118 valence electrons. The molecular formula is C17H18N4O2. The van der Waals surface area contributed by atoms with E-state index in [2.05, 4.69) is 22.0 Å². The highest BCUT2D eigenvalue weighted by molar-refractivity contribution is 5.61. The second-order valence-electron chi connectivity index (χ2n) is 7.14. The molecule has 23 heavy (non-hydrogen) atoms. The van der Waals surface area contributed by atoms with Crippen LogP contribution in [0.5, 0.6) is 11.5 Å². The minimum absolute atomic E-state index is 0.0730. The highest BCUT2D eigenvalue weighted by Gasteiger charge is 2.64. The zero-order chi connectivity index (χ0) is 15.8. The number of rotatable bonds is 1. The fourth-order valence-corrected chi connectivity index (χ4v) is 5.48. The van der Waals surface area contributed by atoms with Crippen LogP contribution in [0.1, 0.15) is 17.5 Å². The number of piperidine rings is 1. The van der Waals surface area contributed by atoms with Gasteiger partial charge >= 0.3 is 0 Å². The lowest BCUT2D eigenvalue weighted by Crippen LogP contribution is -2.65. The Bertz CT molecular complexity index is 785. The Hall–Kier alpha value is -2.17. The molecule has 2 unspecified atom stereocenters. The van der Waals surface area contributed by atoms with Gasteiger partial charge in [0.15, 0.2) is 11.5 Å². The summed E-state index contributed by atoms with van der Waals surface area (Å²) in [6, 6.07) is 3.95. The van der Waals surface area contributed by atoms with Crippen LogP contribution in [0.25, 0.3) is 10.4 Å². The number of phenols is 1. The molecule has 2 heterocycles. The number of ether oxygens (including phenoxy) is 1. The van der Waals surface area contributed by atoms with Crippen molar-refractivity contribution in [1.82, 2.24) is 4.90 Å². The van der Waals surface area contributed by atoms with Crippen LogP contribution in [0, 0.1) is 5.92 Å². The molecule has 4 aliphatic rings. The van der Waals surface area contributed by atoms with Crippen LogP contribution < -0.4 is 4.74 Å². The topological polar surface area (TPSA) is 81.5 Å². The van der Waals surface area contributed by atoms with E-state index in [9.17, 15) is 5.11 Å². The third kappa shape index (κ3) is 1.41. The second kappa shape index (κ2) is 4.22. The Kier molecular flexibility index (Phi) is 2.44. The second-order valence-corrected chi connectivity index (χ2v) is 7.14. The molecule has 1 spiro atoms. The summed E-state index contributed by atoms with van der Waals surface area (Å²) >= 11 is 0. The van der Waals surface area contributed by atoms with Gasteiger partial charge in [0, 0.05) is 27.8 Å². The minimum atomic E-state index is -0.174. The molecule has 1 N–H and O–H groups in total. The molecule has 2 aliphatic carbocycles. The zero-order valence-electron chi connectivity index (χ0n) is 12.9.